The van der Waals surface area contributed by atoms with Gasteiger partial charge in [0, 0.05) is 5.38 Å². The van der Waals surface area contributed by atoms with Crippen LogP contribution in [0.25, 0.3) is 21.6 Å². The summed E-state index contributed by atoms with van der Waals surface area (Å²) >= 11 is 2.41. The lowest BCUT2D eigenvalue weighted by molar-refractivity contribution is 1.30. The van der Waals surface area contributed by atoms with E-state index in [1.807, 2.05) is 29.6 Å². The molecule has 0 amide bonds. The lowest BCUT2D eigenvalue weighted by Gasteiger charge is -1.98. The Labute approximate surface area is 99.1 Å². The normalized spacial score (nSPS) is 10.8. The van der Waals surface area contributed by atoms with Gasteiger partial charge in [0.05, 0.1) is 22.1 Å². The average molecular weight is 246 g/mol. The zero-order valence-electron chi connectivity index (χ0n) is 8.08. The number of para-hydroxylation sites is 2. The Morgan fingerprint density at radius 3 is 2.69 bits per heavy atom. The van der Waals surface area contributed by atoms with Gasteiger partial charge in [0.2, 0.25) is 0 Å². The Balaban J connectivity index is 2.22. The number of fused-ring (bicyclic) bond motifs is 1. The first-order valence-corrected chi connectivity index (χ1v) is 6.33. The van der Waals surface area contributed by atoms with Crippen molar-refractivity contribution in [2.45, 2.75) is 0 Å². The lowest BCUT2D eigenvalue weighted by Crippen LogP contribution is -1.86. The van der Waals surface area contributed by atoms with Crippen LogP contribution in [0.15, 0.2) is 40.6 Å². The molecule has 3 aromatic rings. The van der Waals surface area contributed by atoms with E-state index in [1.165, 1.54) is 22.7 Å². The third kappa shape index (κ3) is 1.64. The molecule has 0 saturated heterocycles. The summed E-state index contributed by atoms with van der Waals surface area (Å²) in [6.07, 6.45) is 1.71. The Morgan fingerprint density at radius 2 is 1.94 bits per heavy atom. The average Bonchev–Trinajstić information content (AvgIpc) is 2.75. The van der Waals surface area contributed by atoms with E-state index in [0.717, 1.165) is 21.6 Å². The van der Waals surface area contributed by atoms with Gasteiger partial charge in [-0.25, -0.2) is 4.98 Å². The van der Waals surface area contributed by atoms with E-state index in [1.54, 1.807) is 6.20 Å². The third-order valence-electron chi connectivity index (χ3n) is 2.16. The molecule has 2 aromatic heterocycles. The van der Waals surface area contributed by atoms with Crippen LogP contribution in [0, 0.1) is 0 Å². The first kappa shape index (κ1) is 9.62. The quantitative estimate of drug-likeness (QED) is 0.663. The molecule has 2 heterocycles. The molecule has 0 aliphatic rings. The fourth-order valence-corrected chi connectivity index (χ4v) is 3.08. The van der Waals surface area contributed by atoms with Crippen LogP contribution in [0.2, 0.25) is 0 Å². The Bertz CT molecular complexity index is 702. The highest BCUT2D eigenvalue weighted by atomic mass is 32.2. The second kappa shape index (κ2) is 3.77. The van der Waals surface area contributed by atoms with Crippen LogP contribution in [0.5, 0.6) is 0 Å². The van der Waals surface area contributed by atoms with Crippen LogP contribution in [0.1, 0.15) is 0 Å². The van der Waals surface area contributed by atoms with Crippen molar-refractivity contribution in [3.63, 3.8) is 0 Å². The molecule has 1 aromatic carbocycles. The molecular weight excluding hydrogens is 240 g/mol. The van der Waals surface area contributed by atoms with E-state index in [4.69, 9.17) is 0 Å². The van der Waals surface area contributed by atoms with Gasteiger partial charge in [0.25, 0.3) is 4.06 Å². The third-order valence-corrected chi connectivity index (χ3v) is 4.10. The van der Waals surface area contributed by atoms with E-state index in [9.17, 15) is 4.79 Å². The number of aromatic nitrogens is 2. The second-order valence-electron chi connectivity index (χ2n) is 3.20. The molecule has 0 aliphatic carbocycles. The first-order valence-electron chi connectivity index (χ1n) is 4.64. The minimum Gasteiger partial charge on any atom is -0.265 e. The van der Waals surface area contributed by atoms with Gasteiger partial charge >= 0.3 is 0 Å². The molecule has 16 heavy (non-hydrogen) atoms. The van der Waals surface area contributed by atoms with Gasteiger partial charge in [-0.1, -0.05) is 34.8 Å². The maximum Gasteiger partial charge on any atom is 0.288 e. The predicted octanol–water partition coefficient (Wildman–Crippen LogP) is 2.78. The van der Waals surface area contributed by atoms with E-state index < -0.39 is 0 Å². The van der Waals surface area contributed by atoms with Gasteiger partial charge in [-0.15, -0.1) is 0 Å². The molecule has 0 bridgehead atoms. The van der Waals surface area contributed by atoms with Crippen molar-refractivity contribution in [2.24, 2.45) is 0 Å². The zero-order valence-corrected chi connectivity index (χ0v) is 9.72. The smallest absolute Gasteiger partial charge is 0.265 e. The van der Waals surface area contributed by atoms with Crippen molar-refractivity contribution >= 4 is 33.7 Å². The number of nitrogens with zero attached hydrogens (tertiary/aromatic N) is 2. The van der Waals surface area contributed by atoms with Crippen molar-refractivity contribution in [3.8, 4) is 10.6 Å². The van der Waals surface area contributed by atoms with Crippen LogP contribution >= 0.6 is 22.7 Å². The van der Waals surface area contributed by atoms with Gasteiger partial charge in [0.1, 0.15) is 5.69 Å². The van der Waals surface area contributed by atoms with Crippen molar-refractivity contribution < 1.29 is 0 Å². The molecule has 0 radical (unpaired) electrons. The molecule has 78 valence electrons. The van der Waals surface area contributed by atoms with Gasteiger partial charge in [0.15, 0.2) is 0 Å². The number of hydrogen-bond acceptors (Lipinski definition) is 5. The fourth-order valence-electron chi connectivity index (χ4n) is 1.43. The van der Waals surface area contributed by atoms with Crippen LogP contribution in [0.4, 0.5) is 0 Å². The zero-order chi connectivity index (χ0) is 11.0. The van der Waals surface area contributed by atoms with E-state index >= 15 is 0 Å². The number of rotatable bonds is 1. The van der Waals surface area contributed by atoms with E-state index in [0.29, 0.717) is 0 Å². The summed E-state index contributed by atoms with van der Waals surface area (Å²) in [5, 5.41) is 1.83. The van der Waals surface area contributed by atoms with Crippen LogP contribution < -0.4 is 4.06 Å². The summed E-state index contributed by atoms with van der Waals surface area (Å²) in [5.74, 6) is 0. The highest BCUT2D eigenvalue weighted by molar-refractivity contribution is 7.28. The number of benzene rings is 1. The van der Waals surface area contributed by atoms with Crippen molar-refractivity contribution in [3.05, 3.63) is 44.7 Å². The minimum atomic E-state index is 0.0879. The predicted molar refractivity (Wildman–Crippen MR) is 67.0 cm³/mol. The molecule has 0 N–H and O–H groups in total. The van der Waals surface area contributed by atoms with E-state index in [-0.39, 0.29) is 4.06 Å². The molecule has 0 spiro atoms. The van der Waals surface area contributed by atoms with Gasteiger partial charge in [-0.3, -0.25) is 9.78 Å². The van der Waals surface area contributed by atoms with E-state index in [2.05, 4.69) is 9.97 Å². The molecule has 3 rings (SSSR count). The summed E-state index contributed by atoms with van der Waals surface area (Å²) in [5.41, 5.74) is 2.49. The minimum absolute atomic E-state index is 0.0879. The number of hydrogen-bond donors (Lipinski definition) is 0. The first-order chi connectivity index (χ1) is 7.83. The summed E-state index contributed by atoms with van der Waals surface area (Å²) in [6, 6.07) is 7.69. The molecule has 0 fully saturated rings. The maximum absolute atomic E-state index is 11.1. The summed E-state index contributed by atoms with van der Waals surface area (Å²) in [7, 11) is 0. The monoisotopic (exact) mass is 246 g/mol. The molecule has 0 atom stereocenters. The van der Waals surface area contributed by atoms with Crippen LogP contribution in [-0.2, 0) is 0 Å². The largest absolute Gasteiger partial charge is 0.288 e. The van der Waals surface area contributed by atoms with Crippen LogP contribution in [0.3, 0.4) is 0 Å². The lowest BCUT2D eigenvalue weighted by atomic mass is 10.3. The summed E-state index contributed by atoms with van der Waals surface area (Å²) < 4.78 is 0.0879. The Kier molecular flexibility index (Phi) is 2.27. The maximum atomic E-state index is 11.1. The van der Waals surface area contributed by atoms with Crippen molar-refractivity contribution in [2.75, 3.05) is 0 Å². The molecule has 3 nitrogen and oxygen atoms in total. The fraction of sp³-hybridized carbons (Fsp3) is 0. The molecule has 0 unspecified atom stereocenters. The Hall–Kier alpha value is -1.59. The second-order valence-corrected chi connectivity index (χ2v) is 5.31. The molecular formula is C11H6N2OS2. The SMILES string of the molecule is O=c1scc(-c2cnc3ccccc3n2)s1. The Morgan fingerprint density at radius 1 is 1.12 bits per heavy atom. The van der Waals surface area contributed by atoms with Crippen LogP contribution in [-0.4, -0.2) is 9.97 Å². The summed E-state index contributed by atoms with van der Waals surface area (Å²) in [6.45, 7) is 0. The molecule has 0 saturated carbocycles. The molecule has 0 aliphatic heterocycles. The van der Waals surface area contributed by atoms with Crippen molar-refractivity contribution in [1.29, 1.82) is 0 Å². The van der Waals surface area contributed by atoms with Gasteiger partial charge < -0.3 is 0 Å². The highest BCUT2D eigenvalue weighted by Gasteiger charge is 2.04. The van der Waals surface area contributed by atoms with Gasteiger partial charge in [-0.2, -0.15) is 0 Å². The molecule has 5 heteroatoms. The summed E-state index contributed by atoms with van der Waals surface area (Å²) in [4.78, 5) is 20.8. The highest BCUT2D eigenvalue weighted by Crippen LogP contribution is 2.22. The standard InChI is InChI=1S/C11H6N2OS2/c14-11-15-6-10(16-11)9-5-12-7-3-1-2-4-8(7)13-9/h1-6H. The van der Waals surface area contributed by atoms with Gasteiger partial charge in [-0.05, 0) is 12.1 Å². The van der Waals surface area contributed by atoms with Crippen molar-refractivity contribution in [1.82, 2.24) is 9.97 Å². The topological polar surface area (TPSA) is 42.9 Å².